The molecule has 0 radical (unpaired) electrons. The van der Waals surface area contributed by atoms with Crippen molar-refractivity contribution in [3.63, 3.8) is 0 Å². The van der Waals surface area contributed by atoms with Crippen molar-refractivity contribution in [2.45, 2.75) is 32.4 Å². The van der Waals surface area contributed by atoms with Gasteiger partial charge in [-0.25, -0.2) is 4.79 Å². The molecule has 0 bridgehead atoms. The number of nitrogens with one attached hydrogen (secondary N) is 1. The highest BCUT2D eigenvalue weighted by atomic mass is 16.5. The van der Waals surface area contributed by atoms with Crippen LogP contribution in [0.5, 0.6) is 0 Å². The van der Waals surface area contributed by atoms with E-state index in [4.69, 9.17) is 4.74 Å². The van der Waals surface area contributed by atoms with Gasteiger partial charge in [0.1, 0.15) is 5.69 Å². The third-order valence-electron chi connectivity index (χ3n) is 6.02. The van der Waals surface area contributed by atoms with Gasteiger partial charge in [0, 0.05) is 56.6 Å². The van der Waals surface area contributed by atoms with Crippen LogP contribution in [0.25, 0.3) is 0 Å². The van der Waals surface area contributed by atoms with Gasteiger partial charge in [-0.3, -0.25) is 14.9 Å². The molecule has 0 saturated carbocycles. The molecule has 0 unspecified atom stereocenters. The molecule has 29 heavy (non-hydrogen) atoms. The minimum Gasteiger partial charge on any atom is -0.461 e. The zero-order valence-electron chi connectivity index (χ0n) is 17.2. The minimum absolute atomic E-state index is 0.314. The molecule has 1 N–H and O–H groups in total. The molecule has 3 heterocycles. The highest BCUT2D eigenvalue weighted by Crippen LogP contribution is 2.22. The summed E-state index contributed by atoms with van der Waals surface area (Å²) in [5.41, 5.74) is 2.74. The molecule has 1 aromatic heterocycles. The smallest absolute Gasteiger partial charge is 0.356 e. The summed E-state index contributed by atoms with van der Waals surface area (Å²) >= 11 is 0. The molecule has 2 aromatic rings. The maximum atomic E-state index is 12.1. The van der Waals surface area contributed by atoms with Crippen LogP contribution in [0, 0.1) is 0 Å². The van der Waals surface area contributed by atoms with Crippen LogP contribution >= 0.6 is 0 Å². The van der Waals surface area contributed by atoms with Crippen molar-refractivity contribution in [2.75, 3.05) is 50.8 Å². The maximum Gasteiger partial charge on any atom is 0.356 e. The standard InChI is InChI=1S/C22H31N5O2/c1-2-29-22(28)21-18(15-23-24-21)16-25-10-6-9-20(17-25)27-13-11-26(12-14-27)19-7-4-3-5-8-19/h3-5,7-8,15,20H,2,6,9-14,16-17H2,1H3,(H,23,24)/t20-/m0/s1. The molecule has 1 atom stereocenters. The van der Waals surface area contributed by atoms with Gasteiger partial charge >= 0.3 is 5.97 Å². The van der Waals surface area contributed by atoms with Crippen molar-refractivity contribution in [3.05, 3.63) is 47.8 Å². The molecule has 0 amide bonds. The summed E-state index contributed by atoms with van der Waals surface area (Å²) in [5, 5.41) is 6.88. The molecule has 7 nitrogen and oxygen atoms in total. The number of hydrogen-bond acceptors (Lipinski definition) is 6. The highest BCUT2D eigenvalue weighted by molar-refractivity contribution is 5.88. The number of nitrogens with zero attached hydrogens (tertiary/aromatic N) is 4. The van der Waals surface area contributed by atoms with Crippen molar-refractivity contribution in [1.82, 2.24) is 20.0 Å². The Kier molecular flexibility index (Phi) is 6.46. The number of anilines is 1. The Morgan fingerprint density at radius 1 is 1.17 bits per heavy atom. The summed E-state index contributed by atoms with van der Waals surface area (Å²) in [6, 6.07) is 11.3. The SMILES string of the molecule is CCOC(=O)c1[nH]ncc1CN1CCC[C@H](N2CCN(c3ccccc3)CC2)C1. The van der Waals surface area contributed by atoms with Crippen LogP contribution in [0.3, 0.4) is 0 Å². The van der Waals surface area contributed by atoms with Crippen molar-refractivity contribution in [2.24, 2.45) is 0 Å². The monoisotopic (exact) mass is 397 g/mol. The highest BCUT2D eigenvalue weighted by Gasteiger charge is 2.29. The number of piperidine rings is 1. The van der Waals surface area contributed by atoms with E-state index in [-0.39, 0.29) is 5.97 Å². The number of carbonyl (C=O) groups excluding carboxylic acids is 1. The number of piperazine rings is 1. The molecule has 0 aliphatic carbocycles. The Hall–Kier alpha value is -2.38. The van der Waals surface area contributed by atoms with Crippen molar-refractivity contribution < 1.29 is 9.53 Å². The van der Waals surface area contributed by atoms with E-state index in [2.05, 4.69) is 55.2 Å². The fraction of sp³-hybridized carbons (Fsp3) is 0.545. The maximum absolute atomic E-state index is 12.1. The van der Waals surface area contributed by atoms with Crippen molar-refractivity contribution in [3.8, 4) is 0 Å². The van der Waals surface area contributed by atoms with Gasteiger partial charge in [-0.15, -0.1) is 0 Å². The summed E-state index contributed by atoms with van der Waals surface area (Å²) in [6.07, 6.45) is 4.20. The van der Waals surface area contributed by atoms with Crippen LogP contribution in [0.4, 0.5) is 5.69 Å². The number of aromatic amines is 1. The summed E-state index contributed by atoms with van der Waals surface area (Å²) in [7, 11) is 0. The number of para-hydroxylation sites is 1. The molecular weight excluding hydrogens is 366 g/mol. The lowest BCUT2D eigenvalue weighted by atomic mass is 10.0. The predicted octanol–water partition coefficient (Wildman–Crippen LogP) is 2.37. The van der Waals surface area contributed by atoms with Gasteiger partial charge in [-0.1, -0.05) is 18.2 Å². The van der Waals surface area contributed by atoms with E-state index in [1.54, 1.807) is 6.20 Å². The zero-order chi connectivity index (χ0) is 20.1. The fourth-order valence-electron chi connectivity index (χ4n) is 4.51. The predicted molar refractivity (Wildman–Crippen MR) is 113 cm³/mol. The van der Waals surface area contributed by atoms with E-state index in [0.29, 0.717) is 18.3 Å². The molecule has 2 aliphatic rings. The second-order valence-corrected chi connectivity index (χ2v) is 7.88. The molecule has 1 aromatic carbocycles. The Morgan fingerprint density at radius 2 is 1.97 bits per heavy atom. The van der Waals surface area contributed by atoms with E-state index >= 15 is 0 Å². The first-order valence-corrected chi connectivity index (χ1v) is 10.7. The Balaban J connectivity index is 1.32. The summed E-state index contributed by atoms with van der Waals surface area (Å²) in [6.45, 7) is 9.40. The van der Waals surface area contributed by atoms with E-state index in [9.17, 15) is 4.79 Å². The fourth-order valence-corrected chi connectivity index (χ4v) is 4.51. The van der Waals surface area contributed by atoms with Gasteiger partial charge in [-0.2, -0.15) is 5.10 Å². The first-order chi connectivity index (χ1) is 14.2. The second-order valence-electron chi connectivity index (χ2n) is 7.88. The first-order valence-electron chi connectivity index (χ1n) is 10.7. The quantitative estimate of drug-likeness (QED) is 0.755. The number of rotatable bonds is 6. The van der Waals surface area contributed by atoms with E-state index < -0.39 is 0 Å². The minimum atomic E-state index is -0.314. The molecule has 7 heteroatoms. The van der Waals surface area contributed by atoms with Gasteiger partial charge in [-0.05, 0) is 38.4 Å². The van der Waals surface area contributed by atoms with Crippen LogP contribution in [0.1, 0.15) is 35.8 Å². The number of likely N-dealkylation sites (tertiary alicyclic amines) is 1. The van der Waals surface area contributed by atoms with Crippen LogP contribution in [0.15, 0.2) is 36.5 Å². The van der Waals surface area contributed by atoms with Crippen LogP contribution in [-0.4, -0.2) is 77.9 Å². The molecule has 2 saturated heterocycles. The number of ether oxygens (including phenoxy) is 1. The number of benzene rings is 1. The number of carbonyl (C=O) groups is 1. The Bertz CT molecular complexity index is 786. The molecule has 2 aliphatic heterocycles. The van der Waals surface area contributed by atoms with Crippen LogP contribution in [0.2, 0.25) is 0 Å². The van der Waals surface area contributed by atoms with Crippen molar-refractivity contribution in [1.29, 1.82) is 0 Å². The molecule has 4 rings (SSSR count). The van der Waals surface area contributed by atoms with E-state index in [1.165, 1.54) is 18.5 Å². The summed E-state index contributed by atoms with van der Waals surface area (Å²) < 4.78 is 5.14. The molecule has 0 spiro atoms. The molecular formula is C22H31N5O2. The van der Waals surface area contributed by atoms with Gasteiger partial charge in [0.05, 0.1) is 12.8 Å². The molecule has 156 valence electrons. The largest absolute Gasteiger partial charge is 0.461 e. The lowest BCUT2D eigenvalue weighted by Crippen LogP contribution is -2.55. The second kappa shape index (κ2) is 9.41. The average molecular weight is 398 g/mol. The van der Waals surface area contributed by atoms with Gasteiger partial charge in [0.25, 0.3) is 0 Å². The first kappa shape index (κ1) is 19.9. The lowest BCUT2D eigenvalue weighted by Gasteiger charge is -2.44. The number of esters is 1. The van der Waals surface area contributed by atoms with Gasteiger partial charge < -0.3 is 9.64 Å². The Labute approximate surface area is 172 Å². The van der Waals surface area contributed by atoms with Crippen LogP contribution in [-0.2, 0) is 11.3 Å². The van der Waals surface area contributed by atoms with E-state index in [0.717, 1.165) is 51.4 Å². The van der Waals surface area contributed by atoms with E-state index in [1.807, 2.05) is 6.92 Å². The zero-order valence-corrected chi connectivity index (χ0v) is 17.2. The topological polar surface area (TPSA) is 64.7 Å². The number of H-pyrrole nitrogens is 1. The Morgan fingerprint density at radius 3 is 2.72 bits per heavy atom. The summed E-state index contributed by atoms with van der Waals surface area (Å²) in [5.74, 6) is -0.314. The normalized spacial score (nSPS) is 21.3. The number of hydrogen-bond donors (Lipinski definition) is 1. The summed E-state index contributed by atoms with van der Waals surface area (Å²) in [4.78, 5) is 19.7. The van der Waals surface area contributed by atoms with Crippen molar-refractivity contribution >= 4 is 11.7 Å². The van der Waals surface area contributed by atoms with Crippen LogP contribution < -0.4 is 4.90 Å². The third kappa shape index (κ3) is 4.79. The lowest BCUT2D eigenvalue weighted by molar-refractivity contribution is 0.0514. The number of aromatic nitrogens is 2. The van der Waals surface area contributed by atoms with Gasteiger partial charge in [0.2, 0.25) is 0 Å². The molecule has 2 fully saturated rings. The average Bonchev–Trinajstić information content (AvgIpc) is 3.23. The van der Waals surface area contributed by atoms with Gasteiger partial charge in [0.15, 0.2) is 0 Å². The third-order valence-corrected chi connectivity index (χ3v) is 6.02.